The third-order valence-electron chi connectivity index (χ3n) is 13.5. The predicted octanol–water partition coefficient (Wildman–Crippen LogP) is 9.18. The summed E-state index contributed by atoms with van der Waals surface area (Å²) in [4.78, 5) is 46.4. The molecule has 2 aliphatic heterocycles. The molecule has 57 heavy (non-hydrogen) atoms. The van der Waals surface area contributed by atoms with Crippen molar-refractivity contribution in [2.75, 3.05) is 45.3 Å². The van der Waals surface area contributed by atoms with Crippen molar-refractivity contribution in [2.24, 2.45) is 11.8 Å². The van der Waals surface area contributed by atoms with Crippen LogP contribution in [0.2, 0.25) is 23.2 Å². The Hall–Kier alpha value is -3.34. The van der Waals surface area contributed by atoms with Crippen LogP contribution < -0.4 is 9.64 Å². The van der Waals surface area contributed by atoms with Crippen LogP contribution in [-0.4, -0.2) is 83.2 Å². The third-order valence-corrected chi connectivity index (χ3v) is 18.2. The number of methoxy groups -OCH3 is 1. The minimum atomic E-state index is -2.14. The van der Waals surface area contributed by atoms with Crippen molar-refractivity contribution in [3.8, 4) is 5.75 Å². The molecule has 1 fully saturated rings. The van der Waals surface area contributed by atoms with E-state index in [4.69, 9.17) is 30.2 Å². The summed E-state index contributed by atoms with van der Waals surface area (Å²) in [7, 11) is 0.926. The number of esters is 2. The molecule has 0 aromatic heterocycles. The highest BCUT2D eigenvalue weighted by molar-refractivity contribution is 6.74. The molecule has 6 rings (SSSR count). The molecular formula is C46H65ClN2O7Si. The maximum Gasteiger partial charge on any atom is 0.317 e. The van der Waals surface area contributed by atoms with Crippen LogP contribution in [0, 0.1) is 11.8 Å². The van der Waals surface area contributed by atoms with Gasteiger partial charge in [-0.3, -0.25) is 14.4 Å². The number of anilines is 1. The van der Waals surface area contributed by atoms with Crippen LogP contribution in [0.5, 0.6) is 5.75 Å². The van der Waals surface area contributed by atoms with Gasteiger partial charge in [0.1, 0.15) is 16.8 Å². The Morgan fingerprint density at radius 1 is 1.05 bits per heavy atom. The SMILES string of the molecule is COC(=O)[C@]1(CC(=O)OC(C)(C)C)CC(=O)N(C)CC/C=C/[C@H](O[Si](C)(C)C(C)(C)C)[C@@H]2CC[C@H]2CN2C[C@@]3(CCCc4cc(Cl)ccc43)COc3ccc1cc32. The van der Waals surface area contributed by atoms with Crippen molar-refractivity contribution in [2.45, 2.75) is 134 Å². The highest BCUT2D eigenvalue weighted by Crippen LogP contribution is 2.49. The first-order chi connectivity index (χ1) is 26.7. The van der Waals surface area contributed by atoms with E-state index >= 15 is 0 Å². The smallest absolute Gasteiger partial charge is 0.317 e. The predicted molar refractivity (Wildman–Crippen MR) is 229 cm³/mol. The first-order valence-electron chi connectivity index (χ1n) is 20.9. The van der Waals surface area contributed by atoms with Gasteiger partial charge in [-0.2, -0.15) is 0 Å². The number of carbonyl (C=O) groups excluding carboxylic acids is 3. The minimum Gasteiger partial charge on any atom is -0.490 e. The Balaban J connectivity index is 1.51. The summed E-state index contributed by atoms with van der Waals surface area (Å²) >= 11 is 6.55. The normalized spacial score (nSPS) is 27.6. The van der Waals surface area contributed by atoms with E-state index in [0.29, 0.717) is 49.3 Å². The molecule has 312 valence electrons. The number of carbonyl (C=O) groups is 3. The standard InChI is InChI=1S/C46H65ClN2O7Si/c1-43(2,3)55-41(51)27-46(42(52)53-8)26-40(50)48(7)23-12-11-15-38(56-57(9,10)44(4,5)6)35-19-16-32(35)28-49-29-45(30-54-39-21-17-33(46)25-37(39)49)22-13-14-31-24-34(47)18-20-36(31)45/h11,15,17-18,20-21,24-25,32,35,38H,12-14,16,19,22-23,26-30H2,1-10H3/b15-11+/t32-,35+,38-,45-,46-/m0/s1. The minimum absolute atomic E-state index is 0.0418. The Labute approximate surface area is 346 Å². The van der Waals surface area contributed by atoms with Gasteiger partial charge >= 0.3 is 11.9 Å². The number of fused-ring (bicyclic) bond motifs is 4. The van der Waals surface area contributed by atoms with Gasteiger partial charge in [0.2, 0.25) is 5.91 Å². The fraction of sp³-hybridized carbons (Fsp3) is 0.630. The fourth-order valence-corrected chi connectivity index (χ4v) is 10.6. The van der Waals surface area contributed by atoms with Crippen LogP contribution in [0.25, 0.3) is 0 Å². The Bertz CT molecular complexity index is 1870. The topological polar surface area (TPSA) is 94.6 Å². The van der Waals surface area contributed by atoms with Gasteiger partial charge in [-0.15, -0.1) is 0 Å². The number of amides is 1. The van der Waals surface area contributed by atoms with Crippen molar-refractivity contribution < 1.29 is 33.0 Å². The van der Waals surface area contributed by atoms with Crippen LogP contribution in [0.15, 0.2) is 48.6 Å². The molecule has 0 unspecified atom stereocenters. The van der Waals surface area contributed by atoms with Gasteiger partial charge in [0.15, 0.2) is 8.32 Å². The van der Waals surface area contributed by atoms with E-state index in [1.165, 1.54) is 18.2 Å². The molecule has 0 N–H and O–H groups in total. The summed E-state index contributed by atoms with van der Waals surface area (Å²) < 4.78 is 25.4. The van der Waals surface area contributed by atoms with Gasteiger partial charge in [0, 0.05) is 43.5 Å². The Morgan fingerprint density at radius 2 is 1.81 bits per heavy atom. The molecule has 0 radical (unpaired) electrons. The number of halogens is 1. The summed E-state index contributed by atoms with van der Waals surface area (Å²) in [6.45, 7) is 19.3. The zero-order valence-corrected chi connectivity index (χ0v) is 37.7. The highest BCUT2D eigenvalue weighted by atomic mass is 35.5. The number of benzene rings is 2. The highest BCUT2D eigenvalue weighted by Gasteiger charge is 2.50. The van der Waals surface area contributed by atoms with Gasteiger partial charge < -0.3 is 28.4 Å². The van der Waals surface area contributed by atoms with Gasteiger partial charge in [-0.25, -0.2) is 0 Å². The zero-order chi connectivity index (χ0) is 41.6. The number of aryl methyl sites for hydroxylation is 1. The van der Waals surface area contributed by atoms with Crippen molar-refractivity contribution in [3.05, 3.63) is 70.3 Å². The second-order valence-electron chi connectivity index (χ2n) is 19.7. The molecule has 2 aromatic rings. The zero-order valence-electron chi connectivity index (χ0n) is 36.0. The van der Waals surface area contributed by atoms with Crippen LogP contribution in [0.4, 0.5) is 5.69 Å². The third kappa shape index (κ3) is 9.13. The van der Waals surface area contributed by atoms with E-state index in [1.807, 2.05) is 24.3 Å². The summed E-state index contributed by atoms with van der Waals surface area (Å²) in [5.74, 6) is -0.136. The maximum absolute atomic E-state index is 14.3. The second-order valence-corrected chi connectivity index (χ2v) is 24.9. The number of ether oxygens (including phenoxy) is 3. The van der Waals surface area contributed by atoms with E-state index in [-0.39, 0.29) is 35.3 Å². The van der Waals surface area contributed by atoms with Crippen molar-refractivity contribution in [1.29, 1.82) is 0 Å². The lowest BCUT2D eigenvalue weighted by Crippen LogP contribution is -2.52. The summed E-state index contributed by atoms with van der Waals surface area (Å²) in [6, 6.07) is 12.0. The fourth-order valence-electron chi connectivity index (χ4n) is 9.10. The Morgan fingerprint density at radius 3 is 2.47 bits per heavy atom. The average Bonchev–Trinajstić information content (AvgIpc) is 3.25. The van der Waals surface area contributed by atoms with Gasteiger partial charge in [0.05, 0.1) is 31.9 Å². The molecule has 11 heteroatoms. The average molecular weight is 822 g/mol. The summed E-state index contributed by atoms with van der Waals surface area (Å²) in [6.07, 6.45) is 9.46. The van der Waals surface area contributed by atoms with Crippen molar-refractivity contribution in [3.63, 3.8) is 0 Å². The van der Waals surface area contributed by atoms with Gasteiger partial charge in [-0.1, -0.05) is 56.7 Å². The molecule has 5 atom stereocenters. The maximum atomic E-state index is 14.3. The quantitative estimate of drug-likeness (QED) is 0.168. The first-order valence-corrected chi connectivity index (χ1v) is 24.2. The molecule has 2 aromatic carbocycles. The lowest BCUT2D eigenvalue weighted by Gasteiger charge is -2.48. The molecule has 4 aliphatic rings. The van der Waals surface area contributed by atoms with Crippen molar-refractivity contribution in [1.82, 2.24) is 4.90 Å². The molecule has 2 heterocycles. The van der Waals surface area contributed by atoms with E-state index in [1.54, 1.807) is 32.7 Å². The summed E-state index contributed by atoms with van der Waals surface area (Å²) in [5, 5.41) is 0.787. The molecule has 2 aliphatic carbocycles. The first kappa shape index (κ1) is 43.2. The Kier molecular flexibility index (Phi) is 12.4. The van der Waals surface area contributed by atoms with Crippen LogP contribution >= 0.6 is 11.6 Å². The van der Waals surface area contributed by atoms with Crippen LogP contribution in [-0.2, 0) is 45.5 Å². The molecular weight excluding hydrogens is 756 g/mol. The number of rotatable bonds is 5. The number of hydrogen-bond acceptors (Lipinski definition) is 8. The molecule has 1 spiro atoms. The molecule has 2 bridgehead atoms. The molecule has 0 saturated heterocycles. The van der Waals surface area contributed by atoms with Crippen LogP contribution in [0.1, 0.15) is 103 Å². The number of nitrogens with zero attached hydrogens (tertiary/aromatic N) is 2. The molecule has 1 saturated carbocycles. The molecule has 1 amide bonds. The number of hydrogen-bond donors (Lipinski definition) is 0. The van der Waals surface area contributed by atoms with E-state index in [0.717, 1.165) is 49.4 Å². The van der Waals surface area contributed by atoms with E-state index in [2.05, 4.69) is 63.0 Å². The van der Waals surface area contributed by atoms with Crippen LogP contribution in [0.3, 0.4) is 0 Å². The van der Waals surface area contributed by atoms with E-state index in [9.17, 15) is 14.4 Å². The van der Waals surface area contributed by atoms with E-state index < -0.39 is 31.3 Å². The lowest BCUT2D eigenvalue weighted by atomic mass is 9.68. The van der Waals surface area contributed by atoms with Gasteiger partial charge in [0.25, 0.3) is 0 Å². The summed E-state index contributed by atoms with van der Waals surface area (Å²) in [5.41, 5.74) is 1.17. The van der Waals surface area contributed by atoms with Crippen molar-refractivity contribution >= 4 is 43.5 Å². The molecule has 9 nitrogen and oxygen atoms in total. The van der Waals surface area contributed by atoms with Gasteiger partial charge in [-0.05, 0) is 130 Å². The second kappa shape index (κ2) is 16.4. The largest absolute Gasteiger partial charge is 0.490 e. The lowest BCUT2D eigenvalue weighted by molar-refractivity contribution is -0.163. The monoisotopic (exact) mass is 820 g/mol.